The third kappa shape index (κ3) is 4.83. The third-order valence-electron chi connectivity index (χ3n) is 2.21. The molecule has 0 spiro atoms. The van der Waals surface area contributed by atoms with Crippen LogP contribution >= 0.6 is 27.3 Å². The Kier molecular flexibility index (Phi) is 6.00. The average Bonchev–Trinajstić information content (AvgIpc) is 2.64. The van der Waals surface area contributed by atoms with Crippen molar-refractivity contribution in [2.75, 3.05) is 6.54 Å². The van der Waals surface area contributed by atoms with Gasteiger partial charge in [-0.05, 0) is 48.3 Å². The summed E-state index contributed by atoms with van der Waals surface area (Å²) < 4.78 is 1.17. The van der Waals surface area contributed by atoms with Crippen LogP contribution in [-0.2, 0) is 0 Å². The molecule has 15 heavy (non-hydrogen) atoms. The van der Waals surface area contributed by atoms with Crippen LogP contribution in [0.3, 0.4) is 0 Å². The summed E-state index contributed by atoms with van der Waals surface area (Å²) in [5, 5.41) is 5.61. The average molecular weight is 286 g/mol. The molecule has 1 aromatic heterocycles. The number of terminal acetylenes is 1. The highest BCUT2D eigenvalue weighted by molar-refractivity contribution is 9.10. The van der Waals surface area contributed by atoms with E-state index in [1.54, 1.807) is 11.3 Å². The molecule has 1 heterocycles. The van der Waals surface area contributed by atoms with Crippen molar-refractivity contribution in [1.82, 2.24) is 5.32 Å². The van der Waals surface area contributed by atoms with E-state index in [1.807, 2.05) is 0 Å². The molecular weight excluding hydrogens is 270 g/mol. The molecule has 82 valence electrons. The lowest BCUT2D eigenvalue weighted by Crippen LogP contribution is -2.18. The van der Waals surface area contributed by atoms with Gasteiger partial charge in [-0.2, -0.15) is 0 Å². The second kappa shape index (κ2) is 7.05. The fourth-order valence-electron chi connectivity index (χ4n) is 1.33. The summed E-state index contributed by atoms with van der Waals surface area (Å²) in [6.07, 6.45) is 8.35. The van der Waals surface area contributed by atoms with Crippen molar-refractivity contribution in [2.24, 2.45) is 0 Å². The Morgan fingerprint density at radius 2 is 2.40 bits per heavy atom. The molecule has 0 radical (unpaired) electrons. The molecule has 1 unspecified atom stereocenters. The van der Waals surface area contributed by atoms with E-state index in [2.05, 4.69) is 45.5 Å². The first kappa shape index (κ1) is 12.8. The van der Waals surface area contributed by atoms with Crippen molar-refractivity contribution in [3.63, 3.8) is 0 Å². The van der Waals surface area contributed by atoms with Gasteiger partial charge < -0.3 is 5.32 Å². The molecule has 0 saturated carbocycles. The molecule has 0 aliphatic carbocycles. The van der Waals surface area contributed by atoms with E-state index >= 15 is 0 Å². The molecule has 0 amide bonds. The van der Waals surface area contributed by atoms with Gasteiger partial charge in [-0.1, -0.05) is 0 Å². The molecule has 1 aromatic rings. The zero-order valence-corrected chi connectivity index (χ0v) is 11.3. The minimum absolute atomic E-state index is 0.437. The molecule has 0 aliphatic rings. The highest BCUT2D eigenvalue weighted by atomic mass is 79.9. The number of hydrogen-bond donors (Lipinski definition) is 1. The molecule has 1 rings (SSSR count). The monoisotopic (exact) mass is 285 g/mol. The normalized spacial score (nSPS) is 12.3. The first-order chi connectivity index (χ1) is 7.24. The summed E-state index contributed by atoms with van der Waals surface area (Å²) in [7, 11) is 0. The zero-order valence-electron chi connectivity index (χ0n) is 8.92. The molecular formula is C12H16BrNS. The largest absolute Gasteiger partial charge is 0.309 e. The van der Waals surface area contributed by atoms with Crippen LogP contribution in [0.2, 0.25) is 0 Å². The number of halogens is 1. The van der Waals surface area contributed by atoms with Gasteiger partial charge in [0.05, 0.1) is 0 Å². The zero-order chi connectivity index (χ0) is 11.1. The Labute approximate surface area is 104 Å². The van der Waals surface area contributed by atoms with E-state index in [0.717, 1.165) is 25.8 Å². The first-order valence-electron chi connectivity index (χ1n) is 5.15. The molecule has 0 aromatic carbocycles. The van der Waals surface area contributed by atoms with Crippen molar-refractivity contribution in [1.29, 1.82) is 0 Å². The van der Waals surface area contributed by atoms with Gasteiger partial charge in [0.25, 0.3) is 0 Å². The minimum Gasteiger partial charge on any atom is -0.309 e. The van der Waals surface area contributed by atoms with E-state index in [1.165, 1.54) is 9.35 Å². The maximum atomic E-state index is 5.19. The summed E-state index contributed by atoms with van der Waals surface area (Å²) in [6, 6.07) is 2.61. The van der Waals surface area contributed by atoms with Crippen LogP contribution in [0.1, 0.15) is 37.1 Å². The molecule has 3 heteroatoms. The summed E-state index contributed by atoms with van der Waals surface area (Å²) in [4.78, 5) is 1.37. The van der Waals surface area contributed by atoms with Crippen molar-refractivity contribution in [3.8, 4) is 12.3 Å². The van der Waals surface area contributed by atoms with Crippen molar-refractivity contribution >= 4 is 27.3 Å². The standard InChI is InChI=1S/C12H16BrNS/c1-3-4-5-6-7-14-10(2)12-8-11(13)9-15-12/h1,8-10,14H,4-7H2,2H3. The minimum atomic E-state index is 0.437. The van der Waals surface area contributed by atoms with Gasteiger partial charge in [-0.25, -0.2) is 0 Å². The van der Waals surface area contributed by atoms with Crippen LogP contribution < -0.4 is 5.32 Å². The van der Waals surface area contributed by atoms with Crippen LogP contribution in [0.15, 0.2) is 15.9 Å². The Hall–Kier alpha value is -0.300. The second-order valence-electron chi connectivity index (χ2n) is 3.50. The predicted octanol–water partition coefficient (Wildman–Crippen LogP) is 3.96. The van der Waals surface area contributed by atoms with E-state index < -0.39 is 0 Å². The lowest BCUT2D eigenvalue weighted by atomic mass is 10.2. The van der Waals surface area contributed by atoms with Gasteiger partial charge in [0.15, 0.2) is 0 Å². The summed E-state index contributed by atoms with van der Waals surface area (Å²) >= 11 is 5.25. The number of rotatable bonds is 6. The van der Waals surface area contributed by atoms with Crippen LogP contribution in [0, 0.1) is 12.3 Å². The Bertz CT molecular complexity index is 327. The summed E-state index contributed by atoms with van der Waals surface area (Å²) in [5.41, 5.74) is 0. The Morgan fingerprint density at radius 3 is 3.00 bits per heavy atom. The van der Waals surface area contributed by atoms with Crippen LogP contribution in [0.4, 0.5) is 0 Å². The number of unbranched alkanes of at least 4 members (excludes halogenated alkanes) is 2. The highest BCUT2D eigenvalue weighted by Crippen LogP contribution is 2.25. The lowest BCUT2D eigenvalue weighted by molar-refractivity contribution is 0.555. The van der Waals surface area contributed by atoms with Crippen LogP contribution in [0.5, 0.6) is 0 Å². The van der Waals surface area contributed by atoms with E-state index in [9.17, 15) is 0 Å². The smallest absolute Gasteiger partial charge is 0.0386 e. The maximum Gasteiger partial charge on any atom is 0.0386 e. The summed E-state index contributed by atoms with van der Waals surface area (Å²) in [6.45, 7) is 3.23. The highest BCUT2D eigenvalue weighted by Gasteiger charge is 2.06. The molecule has 0 saturated heterocycles. The van der Waals surface area contributed by atoms with Crippen molar-refractivity contribution < 1.29 is 0 Å². The van der Waals surface area contributed by atoms with Gasteiger partial charge in [0, 0.05) is 27.2 Å². The summed E-state index contributed by atoms with van der Waals surface area (Å²) in [5.74, 6) is 2.66. The predicted molar refractivity (Wildman–Crippen MR) is 71.1 cm³/mol. The molecule has 1 N–H and O–H groups in total. The van der Waals surface area contributed by atoms with Gasteiger partial charge in [-0.15, -0.1) is 23.7 Å². The van der Waals surface area contributed by atoms with Crippen molar-refractivity contribution in [3.05, 3.63) is 20.8 Å². The molecule has 1 atom stereocenters. The topological polar surface area (TPSA) is 12.0 Å². The molecule has 0 fully saturated rings. The fourth-order valence-corrected chi connectivity index (χ4v) is 2.80. The molecule has 0 aliphatic heterocycles. The lowest BCUT2D eigenvalue weighted by Gasteiger charge is -2.11. The molecule has 1 nitrogen and oxygen atoms in total. The van der Waals surface area contributed by atoms with Gasteiger partial charge in [0.2, 0.25) is 0 Å². The Balaban J connectivity index is 2.19. The van der Waals surface area contributed by atoms with Crippen LogP contribution in [0.25, 0.3) is 0 Å². The Morgan fingerprint density at radius 1 is 1.60 bits per heavy atom. The van der Waals surface area contributed by atoms with E-state index in [4.69, 9.17) is 6.42 Å². The molecule has 0 bridgehead atoms. The maximum absolute atomic E-state index is 5.19. The van der Waals surface area contributed by atoms with Crippen molar-refractivity contribution in [2.45, 2.75) is 32.2 Å². The first-order valence-corrected chi connectivity index (χ1v) is 6.82. The SMILES string of the molecule is C#CCCCCNC(C)c1cc(Br)cs1. The van der Waals surface area contributed by atoms with Crippen LogP contribution in [-0.4, -0.2) is 6.54 Å². The van der Waals surface area contributed by atoms with Gasteiger partial charge in [-0.3, -0.25) is 0 Å². The fraction of sp³-hybridized carbons (Fsp3) is 0.500. The van der Waals surface area contributed by atoms with E-state index in [-0.39, 0.29) is 0 Å². The number of hydrogen-bond acceptors (Lipinski definition) is 2. The van der Waals surface area contributed by atoms with Gasteiger partial charge in [0.1, 0.15) is 0 Å². The quantitative estimate of drug-likeness (QED) is 0.616. The second-order valence-corrected chi connectivity index (χ2v) is 5.36. The number of nitrogens with one attached hydrogen (secondary N) is 1. The van der Waals surface area contributed by atoms with E-state index in [0.29, 0.717) is 6.04 Å². The van der Waals surface area contributed by atoms with Gasteiger partial charge >= 0.3 is 0 Å². The number of thiophene rings is 1. The third-order valence-corrected chi connectivity index (χ3v) is 4.09.